The molecule has 0 aliphatic carbocycles. The molecule has 10 rings (SSSR count). The first kappa shape index (κ1) is 25.7. The summed E-state index contributed by atoms with van der Waals surface area (Å²) in [6.07, 6.45) is 0. The Morgan fingerprint density at radius 1 is 0.391 bits per heavy atom. The van der Waals surface area contributed by atoms with Gasteiger partial charge in [-0.3, -0.25) is 0 Å². The standard InChI is InChI=1S/C42H25BN2S/c43-36-25-29(24-35-33-14-6-9-17-41(33)46-42(35)36)45-38-16-8-5-13-31(38)34-22-26(19-21-39(34)45)27-18-20-32-30-12-4-7-15-37(30)44(40(32)23-27)28-10-2-1-3-11-28/h1-25H. The zero-order valence-electron chi connectivity index (χ0n) is 24.8. The van der Waals surface area contributed by atoms with E-state index in [1.165, 1.54) is 75.9 Å². The molecule has 0 N–H and O–H groups in total. The maximum absolute atomic E-state index is 6.74. The van der Waals surface area contributed by atoms with Gasteiger partial charge in [-0.05, 0) is 71.8 Å². The number of hydrogen-bond acceptors (Lipinski definition) is 1. The first-order chi connectivity index (χ1) is 22.7. The third kappa shape index (κ3) is 3.65. The van der Waals surface area contributed by atoms with Crippen molar-refractivity contribution in [1.29, 1.82) is 0 Å². The Bertz CT molecular complexity index is 2820. The Hall–Kier alpha value is -5.58. The van der Waals surface area contributed by atoms with E-state index in [2.05, 4.69) is 161 Å². The lowest BCUT2D eigenvalue weighted by Gasteiger charge is -2.11. The molecule has 0 unspecified atom stereocenters. The summed E-state index contributed by atoms with van der Waals surface area (Å²) in [6, 6.07) is 54.8. The van der Waals surface area contributed by atoms with E-state index in [0.29, 0.717) is 0 Å². The normalized spacial score (nSPS) is 12.0. The molecule has 2 nitrogen and oxygen atoms in total. The molecular weight excluding hydrogens is 575 g/mol. The maximum Gasteiger partial charge on any atom is 0.115 e. The fourth-order valence-corrected chi connectivity index (χ4v) is 8.51. The van der Waals surface area contributed by atoms with Crippen molar-refractivity contribution < 1.29 is 0 Å². The first-order valence-electron chi connectivity index (χ1n) is 15.6. The summed E-state index contributed by atoms with van der Waals surface area (Å²) in [7, 11) is 6.74. The van der Waals surface area contributed by atoms with Crippen LogP contribution in [0.3, 0.4) is 0 Å². The van der Waals surface area contributed by atoms with Crippen LogP contribution in [0.15, 0.2) is 152 Å². The van der Waals surface area contributed by atoms with Crippen molar-refractivity contribution in [3.8, 4) is 22.5 Å². The number of hydrogen-bond donors (Lipinski definition) is 0. The molecule has 0 saturated heterocycles. The van der Waals surface area contributed by atoms with Crippen molar-refractivity contribution in [2.45, 2.75) is 0 Å². The molecule has 7 aromatic carbocycles. The van der Waals surface area contributed by atoms with Crippen LogP contribution in [0.5, 0.6) is 0 Å². The van der Waals surface area contributed by atoms with Crippen LogP contribution < -0.4 is 5.46 Å². The molecule has 0 saturated carbocycles. The lowest BCUT2D eigenvalue weighted by molar-refractivity contribution is 1.18. The minimum absolute atomic E-state index is 0.818. The number of nitrogens with zero attached hydrogens (tertiary/aromatic N) is 2. The Labute approximate surface area is 270 Å². The lowest BCUT2D eigenvalue weighted by atomic mass is 9.93. The van der Waals surface area contributed by atoms with Crippen LogP contribution in [0.25, 0.3) is 86.3 Å². The van der Waals surface area contributed by atoms with Crippen molar-refractivity contribution in [1.82, 2.24) is 9.13 Å². The van der Waals surface area contributed by atoms with Gasteiger partial charge in [0.15, 0.2) is 0 Å². The van der Waals surface area contributed by atoms with E-state index in [1.807, 2.05) is 0 Å². The summed E-state index contributed by atoms with van der Waals surface area (Å²) in [6.45, 7) is 0. The summed E-state index contributed by atoms with van der Waals surface area (Å²) in [5.41, 5.74) is 10.2. The second kappa shape index (κ2) is 9.71. The minimum Gasteiger partial charge on any atom is -0.309 e. The third-order valence-electron chi connectivity index (χ3n) is 9.44. The quantitative estimate of drug-likeness (QED) is 0.179. The zero-order valence-corrected chi connectivity index (χ0v) is 25.6. The number of para-hydroxylation sites is 3. The van der Waals surface area contributed by atoms with E-state index < -0.39 is 0 Å². The van der Waals surface area contributed by atoms with E-state index >= 15 is 0 Å². The summed E-state index contributed by atoms with van der Waals surface area (Å²) >= 11 is 1.77. The molecule has 212 valence electrons. The molecule has 0 bridgehead atoms. The summed E-state index contributed by atoms with van der Waals surface area (Å²) in [5.74, 6) is 0. The van der Waals surface area contributed by atoms with Crippen LogP contribution in [0.4, 0.5) is 0 Å². The maximum atomic E-state index is 6.74. The lowest BCUT2D eigenvalue weighted by Crippen LogP contribution is -2.05. The van der Waals surface area contributed by atoms with Crippen LogP contribution in [0, 0.1) is 0 Å². The van der Waals surface area contributed by atoms with Gasteiger partial charge in [0.25, 0.3) is 0 Å². The highest BCUT2D eigenvalue weighted by Gasteiger charge is 2.17. The number of rotatable bonds is 3. The third-order valence-corrected chi connectivity index (χ3v) is 10.7. The number of benzene rings is 7. The largest absolute Gasteiger partial charge is 0.309 e. The van der Waals surface area contributed by atoms with Gasteiger partial charge in [0.05, 0.1) is 22.1 Å². The summed E-state index contributed by atoms with van der Waals surface area (Å²) < 4.78 is 7.16. The summed E-state index contributed by atoms with van der Waals surface area (Å²) in [5, 5.41) is 7.44. The smallest absolute Gasteiger partial charge is 0.115 e. The van der Waals surface area contributed by atoms with Crippen LogP contribution in [-0.4, -0.2) is 17.0 Å². The van der Waals surface area contributed by atoms with Crippen molar-refractivity contribution in [3.63, 3.8) is 0 Å². The van der Waals surface area contributed by atoms with Crippen LogP contribution in [0.2, 0.25) is 0 Å². The molecule has 4 heteroatoms. The van der Waals surface area contributed by atoms with Gasteiger partial charge >= 0.3 is 0 Å². The van der Waals surface area contributed by atoms with E-state index in [0.717, 1.165) is 15.9 Å². The average molecular weight is 601 g/mol. The number of fused-ring (bicyclic) bond motifs is 9. The monoisotopic (exact) mass is 600 g/mol. The molecule has 0 fully saturated rings. The van der Waals surface area contributed by atoms with Crippen molar-refractivity contribution in [2.75, 3.05) is 0 Å². The molecule has 0 spiro atoms. The molecule has 0 amide bonds. The van der Waals surface area contributed by atoms with Gasteiger partial charge < -0.3 is 9.13 Å². The van der Waals surface area contributed by atoms with Crippen LogP contribution >= 0.6 is 11.3 Å². The molecule has 0 atom stereocenters. The summed E-state index contributed by atoms with van der Waals surface area (Å²) in [4.78, 5) is 0. The van der Waals surface area contributed by atoms with Crippen LogP contribution in [0.1, 0.15) is 0 Å². The highest BCUT2D eigenvalue weighted by molar-refractivity contribution is 7.26. The SMILES string of the molecule is [B]c1cc(-n2c3ccccc3c3cc(-c4ccc5c6ccccc6n(-c6ccccc6)c5c4)ccc32)cc2c1sc1ccccc12. The second-order valence-corrected chi connectivity index (χ2v) is 13.1. The Balaban J connectivity index is 1.20. The van der Waals surface area contributed by atoms with Crippen molar-refractivity contribution in [2.24, 2.45) is 0 Å². The zero-order chi connectivity index (χ0) is 30.4. The fourth-order valence-electron chi connectivity index (χ4n) is 7.40. The van der Waals surface area contributed by atoms with E-state index in [4.69, 9.17) is 7.85 Å². The van der Waals surface area contributed by atoms with E-state index in [9.17, 15) is 0 Å². The highest BCUT2D eigenvalue weighted by Crippen LogP contribution is 2.39. The van der Waals surface area contributed by atoms with E-state index in [-0.39, 0.29) is 0 Å². The molecule has 10 aromatic rings. The Kier molecular flexibility index (Phi) is 5.43. The highest BCUT2D eigenvalue weighted by atomic mass is 32.1. The molecule has 2 radical (unpaired) electrons. The first-order valence-corrected chi connectivity index (χ1v) is 16.4. The molecule has 3 heterocycles. The number of aromatic nitrogens is 2. The van der Waals surface area contributed by atoms with Crippen molar-refractivity contribution >= 4 is 88.4 Å². The molecular formula is C42H25BN2S. The predicted octanol–water partition coefficient (Wildman–Crippen LogP) is 10.7. The van der Waals surface area contributed by atoms with Gasteiger partial charge in [0.2, 0.25) is 0 Å². The fraction of sp³-hybridized carbons (Fsp3) is 0. The Morgan fingerprint density at radius 3 is 1.78 bits per heavy atom. The van der Waals surface area contributed by atoms with Gasteiger partial charge in [-0.2, -0.15) is 0 Å². The van der Waals surface area contributed by atoms with E-state index in [1.54, 1.807) is 11.3 Å². The number of thiophene rings is 1. The molecule has 3 aromatic heterocycles. The Morgan fingerprint density at radius 2 is 0.978 bits per heavy atom. The van der Waals surface area contributed by atoms with Crippen molar-refractivity contribution in [3.05, 3.63) is 152 Å². The molecule has 0 aliphatic heterocycles. The molecule has 46 heavy (non-hydrogen) atoms. The van der Waals surface area contributed by atoms with Gasteiger partial charge in [0, 0.05) is 53.1 Å². The molecule has 0 aliphatic rings. The second-order valence-electron chi connectivity index (χ2n) is 12.0. The predicted molar refractivity (Wildman–Crippen MR) is 199 cm³/mol. The van der Waals surface area contributed by atoms with Gasteiger partial charge in [0.1, 0.15) is 7.85 Å². The van der Waals surface area contributed by atoms with Gasteiger partial charge in [-0.15, -0.1) is 11.3 Å². The minimum atomic E-state index is 0.818. The van der Waals surface area contributed by atoms with Crippen LogP contribution in [-0.2, 0) is 0 Å². The topological polar surface area (TPSA) is 9.86 Å². The van der Waals surface area contributed by atoms with Gasteiger partial charge in [-0.1, -0.05) is 96.5 Å². The van der Waals surface area contributed by atoms with Gasteiger partial charge in [-0.25, -0.2) is 0 Å². The average Bonchev–Trinajstić information content (AvgIpc) is 3.76.